The second-order valence-electron chi connectivity index (χ2n) is 7.24. The molecule has 0 saturated heterocycles. The molecule has 6 nitrogen and oxygen atoms in total. The van der Waals surface area contributed by atoms with Crippen LogP contribution in [0.25, 0.3) is 0 Å². The molecule has 1 atom stereocenters. The van der Waals surface area contributed by atoms with E-state index in [2.05, 4.69) is 4.72 Å². The fourth-order valence-corrected chi connectivity index (χ4v) is 6.79. The van der Waals surface area contributed by atoms with Gasteiger partial charge in [0.25, 0.3) is 0 Å². The minimum atomic E-state index is -4.34. The van der Waals surface area contributed by atoms with Gasteiger partial charge in [-0.1, -0.05) is 66.7 Å². The van der Waals surface area contributed by atoms with Crippen LogP contribution >= 0.6 is 7.60 Å². The average molecular weight is 497 g/mol. The van der Waals surface area contributed by atoms with E-state index in [0.29, 0.717) is 0 Å². The van der Waals surface area contributed by atoms with E-state index in [0.717, 1.165) is 12.1 Å². The van der Waals surface area contributed by atoms with Gasteiger partial charge in [0, 0.05) is 0 Å². The molecule has 0 aliphatic rings. The Hall–Kier alpha value is -3.45. The highest BCUT2D eigenvalue weighted by Gasteiger charge is 2.43. The van der Waals surface area contributed by atoms with Crippen molar-refractivity contribution in [3.63, 3.8) is 0 Å². The van der Waals surface area contributed by atoms with Gasteiger partial charge in [0.1, 0.15) is 17.3 Å². The molecule has 0 amide bonds. The second kappa shape index (κ2) is 10.2. The van der Waals surface area contributed by atoms with Crippen LogP contribution in [0.15, 0.2) is 120 Å². The highest BCUT2D eigenvalue weighted by molar-refractivity contribution is 7.89. The van der Waals surface area contributed by atoms with E-state index < -0.39 is 29.2 Å². The minimum Gasteiger partial charge on any atom is -0.415 e. The Labute approximate surface area is 197 Å². The normalized spacial score (nSPS) is 12.6. The molecule has 4 aromatic carbocycles. The standard InChI is InChI=1S/C25H21FNO5PS/c26-21-18-16-20(17-19-21)25(27-34(29,30)24-14-8-3-9-15-24)33(28,31-22-10-4-1-5-11-22)32-23-12-6-2-7-13-23/h1-19,25,27H/t25-/m0/s1. The van der Waals surface area contributed by atoms with Crippen molar-refractivity contribution in [2.45, 2.75) is 10.7 Å². The second-order valence-corrected chi connectivity index (χ2v) is 10.9. The Morgan fingerprint density at radius 2 is 1.12 bits per heavy atom. The van der Waals surface area contributed by atoms with Crippen molar-refractivity contribution in [3.05, 3.63) is 127 Å². The van der Waals surface area contributed by atoms with Crippen molar-refractivity contribution in [1.29, 1.82) is 0 Å². The lowest BCUT2D eigenvalue weighted by Crippen LogP contribution is -2.31. The van der Waals surface area contributed by atoms with Crippen molar-refractivity contribution in [2.24, 2.45) is 0 Å². The SMILES string of the molecule is O=P(Oc1ccccc1)(Oc1ccccc1)[C@H](NS(=O)(=O)c1ccccc1)c1ccc(F)cc1. The molecule has 0 aliphatic carbocycles. The molecular weight excluding hydrogens is 476 g/mol. The Kier molecular flexibility index (Phi) is 7.12. The van der Waals surface area contributed by atoms with Crippen molar-refractivity contribution >= 4 is 17.6 Å². The molecule has 174 valence electrons. The van der Waals surface area contributed by atoms with E-state index in [-0.39, 0.29) is 22.0 Å². The lowest BCUT2D eigenvalue weighted by atomic mass is 10.2. The van der Waals surface area contributed by atoms with E-state index in [9.17, 15) is 17.4 Å². The van der Waals surface area contributed by atoms with Crippen molar-refractivity contribution in [3.8, 4) is 11.5 Å². The number of para-hydroxylation sites is 2. The van der Waals surface area contributed by atoms with Crippen molar-refractivity contribution in [2.75, 3.05) is 0 Å². The highest BCUT2D eigenvalue weighted by Crippen LogP contribution is 2.59. The van der Waals surface area contributed by atoms with Crippen molar-refractivity contribution in [1.82, 2.24) is 4.72 Å². The molecule has 34 heavy (non-hydrogen) atoms. The zero-order valence-corrected chi connectivity index (χ0v) is 19.5. The van der Waals surface area contributed by atoms with E-state index in [4.69, 9.17) is 9.05 Å². The summed E-state index contributed by atoms with van der Waals surface area (Å²) < 4.78 is 68.6. The lowest BCUT2D eigenvalue weighted by Gasteiger charge is -2.28. The third-order valence-electron chi connectivity index (χ3n) is 4.77. The van der Waals surface area contributed by atoms with Gasteiger partial charge in [-0.2, -0.15) is 4.72 Å². The van der Waals surface area contributed by atoms with Gasteiger partial charge in [0.05, 0.1) is 4.90 Å². The summed E-state index contributed by atoms with van der Waals surface area (Å²) >= 11 is 0. The minimum absolute atomic E-state index is 0.0342. The maximum absolute atomic E-state index is 14.4. The van der Waals surface area contributed by atoms with Crippen LogP contribution in [0.5, 0.6) is 11.5 Å². The van der Waals surface area contributed by atoms with Crippen LogP contribution in [0.1, 0.15) is 11.3 Å². The zero-order valence-electron chi connectivity index (χ0n) is 17.8. The van der Waals surface area contributed by atoms with Crippen LogP contribution in [0, 0.1) is 5.82 Å². The number of halogens is 1. The summed E-state index contributed by atoms with van der Waals surface area (Å²) in [4.78, 5) is -0.0342. The monoisotopic (exact) mass is 497 g/mol. The molecule has 0 unspecified atom stereocenters. The number of hydrogen-bond donors (Lipinski definition) is 1. The molecule has 1 N–H and O–H groups in total. The molecular formula is C25H21FNO5PS. The summed E-state index contributed by atoms with van der Waals surface area (Å²) in [6, 6.07) is 29.2. The molecule has 4 aromatic rings. The summed E-state index contributed by atoms with van der Waals surface area (Å²) in [6.45, 7) is 0. The van der Waals surface area contributed by atoms with Gasteiger partial charge in [0.15, 0.2) is 5.78 Å². The van der Waals surface area contributed by atoms with E-state index in [1.165, 1.54) is 24.3 Å². The maximum Gasteiger partial charge on any atom is 0.453 e. The smallest absolute Gasteiger partial charge is 0.415 e. The first kappa shape index (κ1) is 23.7. The molecule has 0 spiro atoms. The molecule has 0 heterocycles. The number of hydrogen-bond acceptors (Lipinski definition) is 5. The Morgan fingerprint density at radius 1 is 0.676 bits per heavy atom. The predicted octanol–water partition coefficient (Wildman–Crippen LogP) is 6.15. The topological polar surface area (TPSA) is 81.7 Å². The number of nitrogens with one attached hydrogen (secondary N) is 1. The quantitative estimate of drug-likeness (QED) is 0.280. The first-order valence-corrected chi connectivity index (χ1v) is 13.4. The third-order valence-corrected chi connectivity index (χ3v) is 8.38. The van der Waals surface area contributed by atoms with Crippen LogP contribution in [-0.4, -0.2) is 8.42 Å². The summed E-state index contributed by atoms with van der Waals surface area (Å²) in [6.07, 6.45) is 0. The van der Waals surface area contributed by atoms with Gasteiger partial charge in [-0.15, -0.1) is 0 Å². The summed E-state index contributed by atoms with van der Waals surface area (Å²) in [5, 5.41) is 0. The van der Waals surface area contributed by atoms with Crippen LogP contribution in [0.2, 0.25) is 0 Å². The Bertz CT molecular complexity index is 1320. The lowest BCUT2D eigenvalue weighted by molar-refractivity contribution is 0.368. The van der Waals surface area contributed by atoms with E-state index in [1.54, 1.807) is 78.9 Å². The molecule has 0 bridgehead atoms. The highest BCUT2D eigenvalue weighted by atomic mass is 32.2. The van der Waals surface area contributed by atoms with E-state index in [1.807, 2.05) is 0 Å². The van der Waals surface area contributed by atoms with Gasteiger partial charge >= 0.3 is 7.60 Å². The molecule has 9 heteroatoms. The van der Waals surface area contributed by atoms with Crippen LogP contribution in [-0.2, 0) is 14.6 Å². The molecule has 0 aliphatic heterocycles. The zero-order chi connectivity index (χ0) is 24.0. The van der Waals surface area contributed by atoms with Gasteiger partial charge < -0.3 is 9.05 Å². The molecule has 4 rings (SSSR count). The van der Waals surface area contributed by atoms with Gasteiger partial charge in [-0.3, -0.25) is 0 Å². The molecule has 0 aromatic heterocycles. The Morgan fingerprint density at radius 3 is 1.59 bits per heavy atom. The van der Waals surface area contributed by atoms with Gasteiger partial charge in [-0.25, -0.2) is 17.4 Å². The third kappa shape index (κ3) is 5.72. The first-order valence-electron chi connectivity index (χ1n) is 10.3. The number of benzene rings is 4. The fraction of sp³-hybridized carbons (Fsp3) is 0.0400. The van der Waals surface area contributed by atoms with E-state index >= 15 is 0 Å². The fourth-order valence-electron chi connectivity index (χ4n) is 3.16. The van der Waals surface area contributed by atoms with Gasteiger partial charge in [0.2, 0.25) is 10.0 Å². The predicted molar refractivity (Wildman–Crippen MR) is 128 cm³/mol. The average Bonchev–Trinajstić information content (AvgIpc) is 2.85. The Balaban J connectivity index is 1.83. The van der Waals surface area contributed by atoms with Crippen LogP contribution in [0.4, 0.5) is 4.39 Å². The maximum atomic E-state index is 14.4. The number of rotatable bonds is 9. The van der Waals surface area contributed by atoms with Gasteiger partial charge in [-0.05, 0) is 54.1 Å². The van der Waals surface area contributed by atoms with Crippen LogP contribution < -0.4 is 13.8 Å². The first-order chi connectivity index (χ1) is 16.4. The van der Waals surface area contributed by atoms with Crippen LogP contribution in [0.3, 0.4) is 0 Å². The summed E-state index contributed by atoms with van der Waals surface area (Å²) in [5.74, 6) is -1.59. The summed E-state index contributed by atoms with van der Waals surface area (Å²) in [5.41, 5.74) is 0.205. The van der Waals surface area contributed by atoms with Crippen molar-refractivity contribution < 1.29 is 26.4 Å². The molecule has 0 radical (unpaired) electrons. The largest absolute Gasteiger partial charge is 0.453 e. The summed E-state index contributed by atoms with van der Waals surface area (Å²) in [7, 11) is -8.50. The number of sulfonamides is 1. The molecule has 0 fully saturated rings. The molecule has 0 saturated carbocycles.